The molecule has 8 heteroatoms. The van der Waals surface area contributed by atoms with Crippen molar-refractivity contribution >= 4 is 16.9 Å². The smallest absolute Gasteiger partial charge is 0.323 e. The van der Waals surface area contributed by atoms with Crippen LogP contribution in [0, 0.1) is 0 Å². The molecule has 5 atom stereocenters. The predicted molar refractivity (Wildman–Crippen MR) is 198 cm³/mol. The number of ether oxygens (including phenoxy) is 5. The summed E-state index contributed by atoms with van der Waals surface area (Å²) >= 11 is 0. The van der Waals surface area contributed by atoms with Gasteiger partial charge in [-0.25, -0.2) is 0 Å². The van der Waals surface area contributed by atoms with Crippen molar-refractivity contribution in [1.29, 1.82) is 0 Å². The van der Waals surface area contributed by atoms with E-state index in [4.69, 9.17) is 23.7 Å². The summed E-state index contributed by atoms with van der Waals surface area (Å²) < 4.78 is 35.8. The highest BCUT2D eigenvalue weighted by Crippen LogP contribution is 2.41. The molecule has 1 saturated heterocycles. The van der Waals surface area contributed by atoms with Crippen molar-refractivity contribution in [3.63, 3.8) is 0 Å². The molecule has 1 aromatic heterocycles. The lowest BCUT2D eigenvalue weighted by molar-refractivity contribution is -0.274. The van der Waals surface area contributed by atoms with Crippen LogP contribution in [0.3, 0.4) is 0 Å². The standard InChI is InChI=1S/C44H43NO7/c46-40(47)26-45-25-37(36-23-13-14-24-38(36)45)41-43(50-29-34-19-9-3-10-20-34)44(51-30-35-21-11-4-12-22-35)42(49-28-33-17-7-2-8-18-33)39(52-41)31-48-27-32-15-5-1-6-16-32/h1-25,39,41-44H,26-31H2,(H,46,47). The lowest BCUT2D eigenvalue weighted by Gasteiger charge is -2.46. The number of nitrogens with zero attached hydrogens (tertiary/aromatic N) is 1. The number of aromatic nitrogens is 1. The van der Waals surface area contributed by atoms with E-state index in [-0.39, 0.29) is 13.2 Å². The first-order valence-electron chi connectivity index (χ1n) is 17.7. The molecule has 2 heterocycles. The van der Waals surface area contributed by atoms with Gasteiger partial charge in [0, 0.05) is 22.7 Å². The Balaban J connectivity index is 1.30. The van der Waals surface area contributed by atoms with Crippen LogP contribution in [0.4, 0.5) is 0 Å². The van der Waals surface area contributed by atoms with Crippen LogP contribution in [0.15, 0.2) is 152 Å². The molecule has 0 amide bonds. The molecule has 0 saturated carbocycles. The second-order valence-corrected chi connectivity index (χ2v) is 13.0. The molecular formula is C44H43NO7. The Labute approximate surface area is 304 Å². The molecule has 0 spiro atoms. The highest BCUT2D eigenvalue weighted by Gasteiger charge is 2.49. The largest absolute Gasteiger partial charge is 0.480 e. The third kappa shape index (κ3) is 8.85. The van der Waals surface area contributed by atoms with Crippen molar-refractivity contribution in [3.8, 4) is 0 Å². The van der Waals surface area contributed by atoms with Crippen LogP contribution in [0.5, 0.6) is 0 Å². The van der Waals surface area contributed by atoms with Crippen LogP contribution < -0.4 is 0 Å². The van der Waals surface area contributed by atoms with Gasteiger partial charge in [0.1, 0.15) is 37.1 Å². The van der Waals surface area contributed by atoms with E-state index < -0.39 is 36.5 Å². The fourth-order valence-corrected chi connectivity index (χ4v) is 6.82. The van der Waals surface area contributed by atoms with Crippen LogP contribution >= 0.6 is 0 Å². The van der Waals surface area contributed by atoms with E-state index in [1.807, 2.05) is 152 Å². The minimum Gasteiger partial charge on any atom is -0.480 e. The molecule has 0 aliphatic carbocycles. The van der Waals surface area contributed by atoms with Gasteiger partial charge in [0.15, 0.2) is 0 Å². The SMILES string of the molecule is O=C(O)Cn1cc(C2OC(COCc3ccccc3)C(OCc3ccccc3)C(OCc3ccccc3)C2OCc2ccccc2)c2ccccc21. The number of carboxylic acids is 1. The monoisotopic (exact) mass is 697 g/mol. The van der Waals surface area contributed by atoms with Crippen LogP contribution in [0.2, 0.25) is 0 Å². The summed E-state index contributed by atoms with van der Waals surface area (Å²) in [6, 6.07) is 47.9. The molecule has 0 radical (unpaired) electrons. The maximum absolute atomic E-state index is 12.0. The molecule has 6 aromatic rings. The molecule has 1 N–H and O–H groups in total. The molecule has 5 aromatic carbocycles. The molecular weight excluding hydrogens is 654 g/mol. The van der Waals surface area contributed by atoms with Crippen molar-refractivity contribution in [2.24, 2.45) is 0 Å². The molecule has 0 bridgehead atoms. The maximum Gasteiger partial charge on any atom is 0.323 e. The number of hydrogen-bond acceptors (Lipinski definition) is 6. The second-order valence-electron chi connectivity index (χ2n) is 13.0. The van der Waals surface area contributed by atoms with Gasteiger partial charge in [0.2, 0.25) is 0 Å². The van der Waals surface area contributed by atoms with Gasteiger partial charge in [-0.15, -0.1) is 0 Å². The summed E-state index contributed by atoms with van der Waals surface area (Å²) in [5, 5.41) is 10.7. The van der Waals surface area contributed by atoms with Gasteiger partial charge in [0.25, 0.3) is 0 Å². The minimum absolute atomic E-state index is 0.191. The Hall–Kier alpha value is -5.09. The number of para-hydroxylation sites is 1. The molecule has 5 unspecified atom stereocenters. The summed E-state index contributed by atoms with van der Waals surface area (Å²) in [5.74, 6) is -0.931. The number of fused-ring (bicyclic) bond motifs is 1. The first-order chi connectivity index (χ1) is 25.6. The molecule has 8 nitrogen and oxygen atoms in total. The normalized spacial score (nSPS) is 20.2. The summed E-state index contributed by atoms with van der Waals surface area (Å²) in [7, 11) is 0. The zero-order valence-electron chi connectivity index (χ0n) is 28.9. The third-order valence-corrected chi connectivity index (χ3v) is 9.31. The van der Waals surface area contributed by atoms with Crippen LogP contribution in [0.1, 0.15) is 33.9 Å². The zero-order valence-corrected chi connectivity index (χ0v) is 28.9. The van der Waals surface area contributed by atoms with Gasteiger partial charge in [-0.1, -0.05) is 140 Å². The van der Waals surface area contributed by atoms with E-state index in [0.717, 1.165) is 38.7 Å². The Bertz CT molecular complexity index is 1990. The van der Waals surface area contributed by atoms with Crippen molar-refractivity contribution < 1.29 is 33.6 Å². The Morgan fingerprint density at radius 1 is 0.577 bits per heavy atom. The summed E-state index contributed by atoms with van der Waals surface area (Å²) in [6.07, 6.45) is -1.15. The topological polar surface area (TPSA) is 88.4 Å². The van der Waals surface area contributed by atoms with Crippen LogP contribution in [0.25, 0.3) is 10.9 Å². The van der Waals surface area contributed by atoms with Gasteiger partial charge in [-0.2, -0.15) is 0 Å². The first-order valence-corrected chi connectivity index (χ1v) is 17.7. The minimum atomic E-state index is -0.931. The van der Waals surface area contributed by atoms with Crippen molar-refractivity contribution in [3.05, 3.63) is 180 Å². The first kappa shape index (κ1) is 35.3. The number of carboxylic acid groups (broad SMARTS) is 1. The maximum atomic E-state index is 12.0. The summed E-state index contributed by atoms with van der Waals surface area (Å²) in [5.41, 5.74) is 5.71. The van der Waals surface area contributed by atoms with Gasteiger partial charge >= 0.3 is 5.97 Å². The average molecular weight is 698 g/mol. The highest BCUT2D eigenvalue weighted by molar-refractivity contribution is 5.85. The Morgan fingerprint density at radius 2 is 1.04 bits per heavy atom. The van der Waals surface area contributed by atoms with Crippen molar-refractivity contribution in [1.82, 2.24) is 4.57 Å². The van der Waals surface area contributed by atoms with Crippen LogP contribution in [-0.2, 0) is 61.5 Å². The number of aliphatic carboxylic acids is 1. The highest BCUT2D eigenvalue weighted by atomic mass is 16.6. The fourth-order valence-electron chi connectivity index (χ4n) is 6.82. The number of carbonyl (C=O) groups is 1. The van der Waals surface area contributed by atoms with E-state index in [2.05, 4.69) is 0 Å². The van der Waals surface area contributed by atoms with E-state index >= 15 is 0 Å². The average Bonchev–Trinajstić information content (AvgIpc) is 3.54. The van der Waals surface area contributed by atoms with Gasteiger partial charge in [-0.05, 0) is 28.3 Å². The van der Waals surface area contributed by atoms with E-state index in [0.29, 0.717) is 26.4 Å². The Kier molecular flexibility index (Phi) is 11.8. The lowest BCUT2D eigenvalue weighted by atomic mass is 9.90. The molecule has 7 rings (SSSR count). The third-order valence-electron chi connectivity index (χ3n) is 9.31. The van der Waals surface area contributed by atoms with Crippen molar-refractivity contribution in [2.45, 2.75) is 63.5 Å². The summed E-state index contributed by atoms with van der Waals surface area (Å²) in [4.78, 5) is 12.0. The van der Waals surface area contributed by atoms with Crippen molar-refractivity contribution in [2.75, 3.05) is 6.61 Å². The van der Waals surface area contributed by atoms with E-state index in [1.54, 1.807) is 4.57 Å². The zero-order chi connectivity index (χ0) is 35.5. The predicted octanol–water partition coefficient (Wildman–Crippen LogP) is 8.14. The lowest BCUT2D eigenvalue weighted by Crippen LogP contribution is -2.58. The Morgan fingerprint density at radius 3 is 1.58 bits per heavy atom. The van der Waals surface area contributed by atoms with Gasteiger partial charge in [0.05, 0.1) is 33.0 Å². The molecule has 1 aliphatic rings. The van der Waals surface area contributed by atoms with E-state index in [9.17, 15) is 9.90 Å². The quantitative estimate of drug-likeness (QED) is 0.109. The molecule has 1 fully saturated rings. The number of rotatable bonds is 16. The van der Waals surface area contributed by atoms with Gasteiger partial charge in [-0.3, -0.25) is 4.79 Å². The van der Waals surface area contributed by atoms with Crippen LogP contribution in [-0.4, -0.2) is 46.7 Å². The number of benzene rings is 5. The number of hydrogen-bond donors (Lipinski definition) is 1. The van der Waals surface area contributed by atoms with E-state index in [1.165, 1.54) is 0 Å². The molecule has 52 heavy (non-hydrogen) atoms. The molecule has 1 aliphatic heterocycles. The second kappa shape index (κ2) is 17.4. The summed E-state index contributed by atoms with van der Waals surface area (Å²) in [6.45, 7) is 1.41. The molecule has 266 valence electrons. The fraction of sp³-hybridized carbons (Fsp3) is 0.250. The van der Waals surface area contributed by atoms with Gasteiger partial charge < -0.3 is 33.4 Å².